The van der Waals surface area contributed by atoms with Gasteiger partial charge in [-0.1, -0.05) is 33.1 Å². The average molecular weight is 245 g/mol. The van der Waals surface area contributed by atoms with Crippen LogP contribution in [-0.2, 0) is 0 Å². The van der Waals surface area contributed by atoms with Gasteiger partial charge >= 0.3 is 0 Å². The summed E-state index contributed by atoms with van der Waals surface area (Å²) in [5, 5.41) is 32.5. The molecule has 0 spiro atoms. The molecule has 0 amide bonds. The third kappa shape index (κ3) is 4.21. The second kappa shape index (κ2) is 7.31. The normalized spacial score (nSPS) is 38.3. The van der Waals surface area contributed by atoms with E-state index in [9.17, 15) is 15.3 Å². The SMILES string of the molecule is CCCCCCN[C@@H]1C[C@H](C)[C@H](O)[C@H](O)[C@H]1O. The third-order valence-corrected chi connectivity index (χ3v) is 3.76. The van der Waals surface area contributed by atoms with E-state index in [1.807, 2.05) is 6.92 Å². The number of unbranched alkanes of at least 4 members (excludes halogenated alkanes) is 3. The van der Waals surface area contributed by atoms with Crippen LogP contribution in [-0.4, -0.2) is 46.2 Å². The molecule has 17 heavy (non-hydrogen) atoms. The molecule has 0 aliphatic heterocycles. The Hall–Kier alpha value is -0.160. The minimum Gasteiger partial charge on any atom is -0.390 e. The number of aliphatic hydroxyl groups is 3. The van der Waals surface area contributed by atoms with Crippen LogP contribution in [0.3, 0.4) is 0 Å². The molecule has 0 bridgehead atoms. The molecule has 0 heterocycles. The van der Waals surface area contributed by atoms with Crippen molar-refractivity contribution in [3.8, 4) is 0 Å². The second-order valence-electron chi connectivity index (χ2n) is 5.31. The maximum absolute atomic E-state index is 9.86. The summed E-state index contributed by atoms with van der Waals surface area (Å²) in [5.41, 5.74) is 0. The van der Waals surface area contributed by atoms with Gasteiger partial charge in [0.15, 0.2) is 0 Å². The zero-order chi connectivity index (χ0) is 12.8. The molecule has 0 unspecified atom stereocenters. The number of hydrogen-bond donors (Lipinski definition) is 4. The minimum absolute atomic E-state index is 0.0292. The lowest BCUT2D eigenvalue weighted by atomic mass is 9.80. The Morgan fingerprint density at radius 3 is 2.35 bits per heavy atom. The molecular formula is C13H27NO3. The number of nitrogens with one attached hydrogen (secondary N) is 1. The Kier molecular flexibility index (Phi) is 6.41. The molecular weight excluding hydrogens is 218 g/mol. The first kappa shape index (κ1) is 14.9. The van der Waals surface area contributed by atoms with Gasteiger partial charge in [-0.15, -0.1) is 0 Å². The Morgan fingerprint density at radius 2 is 1.71 bits per heavy atom. The van der Waals surface area contributed by atoms with E-state index in [1.165, 1.54) is 19.3 Å². The van der Waals surface area contributed by atoms with E-state index >= 15 is 0 Å². The van der Waals surface area contributed by atoms with Crippen molar-refractivity contribution in [2.24, 2.45) is 5.92 Å². The molecule has 1 aliphatic rings. The summed E-state index contributed by atoms with van der Waals surface area (Å²) >= 11 is 0. The van der Waals surface area contributed by atoms with E-state index in [2.05, 4.69) is 12.2 Å². The van der Waals surface area contributed by atoms with Crippen LogP contribution < -0.4 is 5.32 Å². The van der Waals surface area contributed by atoms with Crippen molar-refractivity contribution in [2.45, 2.75) is 70.3 Å². The van der Waals surface area contributed by atoms with Crippen molar-refractivity contribution in [2.75, 3.05) is 6.54 Å². The van der Waals surface area contributed by atoms with E-state index < -0.39 is 18.3 Å². The maximum Gasteiger partial charge on any atom is 0.107 e. The van der Waals surface area contributed by atoms with E-state index in [0.29, 0.717) is 6.42 Å². The van der Waals surface area contributed by atoms with Gasteiger partial charge in [-0.25, -0.2) is 0 Å². The van der Waals surface area contributed by atoms with E-state index in [1.54, 1.807) is 0 Å². The smallest absolute Gasteiger partial charge is 0.107 e. The largest absolute Gasteiger partial charge is 0.390 e. The zero-order valence-electron chi connectivity index (χ0n) is 11.0. The van der Waals surface area contributed by atoms with Crippen molar-refractivity contribution >= 4 is 0 Å². The molecule has 0 saturated heterocycles. The van der Waals surface area contributed by atoms with Crippen LogP contribution in [0.15, 0.2) is 0 Å². The van der Waals surface area contributed by atoms with E-state index in [0.717, 1.165) is 13.0 Å². The summed E-state index contributed by atoms with van der Waals surface area (Å²) in [5.74, 6) is 0.0292. The lowest BCUT2D eigenvalue weighted by Gasteiger charge is -2.39. The first-order valence-corrected chi connectivity index (χ1v) is 6.85. The summed E-state index contributed by atoms with van der Waals surface area (Å²) in [6.07, 6.45) is 2.80. The number of rotatable bonds is 6. The first-order valence-electron chi connectivity index (χ1n) is 6.85. The first-order chi connectivity index (χ1) is 8.07. The Balaban J connectivity index is 2.28. The van der Waals surface area contributed by atoms with Gasteiger partial charge in [0.2, 0.25) is 0 Å². The van der Waals surface area contributed by atoms with Crippen LogP contribution in [0.25, 0.3) is 0 Å². The third-order valence-electron chi connectivity index (χ3n) is 3.76. The van der Waals surface area contributed by atoms with Crippen LogP contribution in [0.2, 0.25) is 0 Å². The molecule has 0 aromatic heterocycles. The molecule has 4 nitrogen and oxygen atoms in total. The number of aliphatic hydroxyl groups excluding tert-OH is 3. The highest BCUT2D eigenvalue weighted by molar-refractivity contribution is 4.94. The topological polar surface area (TPSA) is 72.7 Å². The highest BCUT2D eigenvalue weighted by Gasteiger charge is 2.40. The number of hydrogen-bond acceptors (Lipinski definition) is 4. The van der Waals surface area contributed by atoms with Crippen molar-refractivity contribution in [3.05, 3.63) is 0 Å². The zero-order valence-corrected chi connectivity index (χ0v) is 11.0. The molecule has 1 aliphatic carbocycles. The van der Waals surface area contributed by atoms with Gasteiger partial charge in [-0.05, 0) is 25.3 Å². The van der Waals surface area contributed by atoms with Crippen molar-refractivity contribution in [1.29, 1.82) is 0 Å². The van der Waals surface area contributed by atoms with Crippen LogP contribution in [0.1, 0.15) is 46.0 Å². The summed E-state index contributed by atoms with van der Waals surface area (Å²) < 4.78 is 0. The Labute approximate surface area is 104 Å². The second-order valence-corrected chi connectivity index (χ2v) is 5.31. The quantitative estimate of drug-likeness (QED) is 0.518. The Bertz CT molecular complexity index is 213. The minimum atomic E-state index is -1.02. The van der Waals surface area contributed by atoms with Crippen LogP contribution in [0, 0.1) is 5.92 Å². The van der Waals surface area contributed by atoms with Gasteiger partial charge in [0, 0.05) is 6.04 Å². The van der Waals surface area contributed by atoms with E-state index in [4.69, 9.17) is 0 Å². The predicted molar refractivity (Wildman–Crippen MR) is 67.7 cm³/mol. The molecule has 0 aromatic carbocycles. The van der Waals surface area contributed by atoms with Crippen LogP contribution in [0.5, 0.6) is 0 Å². The van der Waals surface area contributed by atoms with Gasteiger partial charge < -0.3 is 20.6 Å². The van der Waals surface area contributed by atoms with Gasteiger partial charge in [0.1, 0.15) is 6.10 Å². The molecule has 102 valence electrons. The molecule has 0 aromatic rings. The summed E-state index contributed by atoms with van der Waals surface area (Å²) in [7, 11) is 0. The van der Waals surface area contributed by atoms with Gasteiger partial charge in [-0.3, -0.25) is 0 Å². The summed E-state index contributed by atoms with van der Waals surface area (Å²) in [6.45, 7) is 4.96. The van der Waals surface area contributed by atoms with E-state index in [-0.39, 0.29) is 12.0 Å². The molecule has 1 rings (SSSR count). The fourth-order valence-electron chi connectivity index (χ4n) is 2.50. The van der Waals surface area contributed by atoms with Crippen LogP contribution >= 0.6 is 0 Å². The molecule has 1 saturated carbocycles. The predicted octanol–water partition coefficient (Wildman–Crippen LogP) is 0.647. The summed E-state index contributed by atoms with van der Waals surface area (Å²) in [6, 6.07) is -0.0926. The van der Waals surface area contributed by atoms with Gasteiger partial charge in [-0.2, -0.15) is 0 Å². The van der Waals surface area contributed by atoms with Crippen molar-refractivity contribution < 1.29 is 15.3 Å². The fourth-order valence-corrected chi connectivity index (χ4v) is 2.50. The van der Waals surface area contributed by atoms with Gasteiger partial charge in [0.05, 0.1) is 12.2 Å². The van der Waals surface area contributed by atoms with Gasteiger partial charge in [0.25, 0.3) is 0 Å². The molecule has 0 radical (unpaired) electrons. The fraction of sp³-hybridized carbons (Fsp3) is 1.00. The van der Waals surface area contributed by atoms with Crippen molar-refractivity contribution in [1.82, 2.24) is 5.32 Å². The standard InChI is InChI=1S/C13H27NO3/c1-3-4-5-6-7-14-10-8-9(2)11(15)13(17)12(10)16/h9-17H,3-8H2,1-2H3/t9-,10+,11-,12-,13-/m0/s1. The lowest BCUT2D eigenvalue weighted by molar-refractivity contribution is -0.119. The summed E-state index contributed by atoms with van der Waals surface area (Å²) in [4.78, 5) is 0. The average Bonchev–Trinajstić information content (AvgIpc) is 2.32. The Morgan fingerprint density at radius 1 is 1.00 bits per heavy atom. The highest BCUT2D eigenvalue weighted by Crippen LogP contribution is 2.25. The molecule has 5 atom stereocenters. The van der Waals surface area contributed by atoms with Crippen LogP contribution in [0.4, 0.5) is 0 Å². The molecule has 4 heteroatoms. The monoisotopic (exact) mass is 245 g/mol. The van der Waals surface area contributed by atoms with Crippen molar-refractivity contribution in [3.63, 3.8) is 0 Å². The lowest BCUT2D eigenvalue weighted by Crippen LogP contribution is -2.57. The maximum atomic E-state index is 9.86. The molecule has 1 fully saturated rings. The highest BCUT2D eigenvalue weighted by atomic mass is 16.4. The molecule has 4 N–H and O–H groups in total.